The van der Waals surface area contributed by atoms with Crippen molar-refractivity contribution < 1.29 is 0 Å². The van der Waals surface area contributed by atoms with Crippen LogP contribution in [0.2, 0.25) is 0 Å². The molecule has 4 nitrogen and oxygen atoms in total. The van der Waals surface area contributed by atoms with Crippen molar-refractivity contribution in [1.29, 1.82) is 0 Å². The lowest BCUT2D eigenvalue weighted by molar-refractivity contribution is 1.42. The van der Waals surface area contributed by atoms with Gasteiger partial charge in [-0.25, -0.2) is 0 Å². The van der Waals surface area contributed by atoms with Crippen LogP contribution in [-0.2, 0) is 0 Å². The molecule has 2 heterocycles. The third-order valence-electron chi connectivity index (χ3n) is 5.03. The largest absolute Gasteiger partial charge is 0.354 e. The molecule has 3 aromatic carbocycles. The van der Waals surface area contributed by atoms with Gasteiger partial charge < -0.3 is 9.97 Å². The highest BCUT2D eigenvalue weighted by molar-refractivity contribution is 6.02. The van der Waals surface area contributed by atoms with Crippen molar-refractivity contribution in [3.63, 3.8) is 0 Å². The van der Waals surface area contributed by atoms with E-state index in [1.807, 2.05) is 64.1 Å². The average molecular weight is 370 g/mol. The Bertz CT molecular complexity index is 1380. The zero-order chi connectivity index (χ0) is 20.0. The summed E-state index contributed by atoms with van der Waals surface area (Å²) >= 11 is 0. The summed E-state index contributed by atoms with van der Waals surface area (Å²) in [6.45, 7) is 7.93. The van der Waals surface area contributed by atoms with E-state index in [2.05, 4.69) is 9.97 Å². The fourth-order valence-corrected chi connectivity index (χ4v) is 3.67. The Morgan fingerprint density at radius 2 is 0.893 bits per heavy atom. The van der Waals surface area contributed by atoms with Crippen molar-refractivity contribution in [2.24, 2.45) is 0 Å². The van der Waals surface area contributed by atoms with Crippen molar-refractivity contribution in [3.8, 4) is 0 Å². The van der Waals surface area contributed by atoms with Gasteiger partial charge >= 0.3 is 0 Å². The minimum atomic E-state index is -0.0239. The number of benzene rings is 3. The van der Waals surface area contributed by atoms with E-state index in [-0.39, 0.29) is 10.9 Å². The molecule has 2 aromatic heterocycles. The zero-order valence-electron chi connectivity index (χ0n) is 16.4. The minimum absolute atomic E-state index is 0.0239. The Labute approximate surface area is 161 Å². The van der Waals surface area contributed by atoms with Crippen LogP contribution in [0.4, 0.5) is 0 Å². The Hall–Kier alpha value is -3.40. The molecule has 0 atom stereocenters. The van der Waals surface area contributed by atoms with E-state index in [4.69, 9.17) is 0 Å². The fourth-order valence-electron chi connectivity index (χ4n) is 3.67. The molecule has 4 heteroatoms. The summed E-state index contributed by atoms with van der Waals surface area (Å²) in [5.41, 5.74) is 4.94. The van der Waals surface area contributed by atoms with Gasteiger partial charge in [-0.3, -0.25) is 9.59 Å². The van der Waals surface area contributed by atoms with E-state index >= 15 is 0 Å². The smallest absolute Gasteiger partial charge is 0.197 e. The quantitative estimate of drug-likeness (QED) is 0.362. The molecular weight excluding hydrogens is 348 g/mol. The van der Waals surface area contributed by atoms with Gasteiger partial charge in [0.15, 0.2) is 10.9 Å². The predicted molar refractivity (Wildman–Crippen MR) is 119 cm³/mol. The van der Waals surface area contributed by atoms with E-state index in [0.717, 1.165) is 22.2 Å². The van der Waals surface area contributed by atoms with E-state index in [1.54, 1.807) is 12.1 Å². The third kappa shape index (κ3) is 2.69. The highest BCUT2D eigenvalue weighted by Crippen LogP contribution is 2.22. The van der Waals surface area contributed by atoms with Crippen molar-refractivity contribution in [2.75, 3.05) is 0 Å². The fraction of sp³-hybridized carbons (Fsp3) is 0.167. The molecule has 0 fully saturated rings. The van der Waals surface area contributed by atoms with Crippen LogP contribution in [0.5, 0.6) is 0 Å². The first-order valence-corrected chi connectivity index (χ1v) is 9.54. The normalized spacial score (nSPS) is 11.1. The summed E-state index contributed by atoms with van der Waals surface area (Å²) < 4.78 is 0. The minimum Gasteiger partial charge on any atom is -0.354 e. The van der Waals surface area contributed by atoms with Crippen molar-refractivity contribution >= 4 is 43.6 Å². The predicted octanol–water partition coefficient (Wildman–Crippen LogP) is 5.32. The molecule has 140 valence electrons. The second kappa shape index (κ2) is 6.64. The lowest BCUT2D eigenvalue weighted by atomic mass is 10.0. The molecule has 0 bridgehead atoms. The Balaban J connectivity index is 0.000000932. The Morgan fingerprint density at radius 3 is 1.29 bits per heavy atom. The van der Waals surface area contributed by atoms with Gasteiger partial charge in [-0.15, -0.1) is 0 Å². The van der Waals surface area contributed by atoms with E-state index < -0.39 is 0 Å². The average Bonchev–Trinajstić information content (AvgIpc) is 2.70. The maximum atomic E-state index is 13.0. The van der Waals surface area contributed by atoms with Gasteiger partial charge in [-0.05, 0) is 50.2 Å². The van der Waals surface area contributed by atoms with Crippen LogP contribution in [-0.4, -0.2) is 9.97 Å². The number of aromatic amines is 2. The second-order valence-electron chi connectivity index (χ2n) is 6.95. The standard InChI is InChI=1S/C22H16N2O2.C2H6/c1-11-3-5-17-13(7-11)21(25)15-9-20-16(10-19(15)23-17)22(26)14-8-12(2)4-6-18(14)24-20;1-2/h3-10H,1-2H3,(H,23,25)(H,24,26);1-2H3. The van der Waals surface area contributed by atoms with Gasteiger partial charge in [-0.1, -0.05) is 37.1 Å². The number of hydrogen-bond donors (Lipinski definition) is 2. The van der Waals surface area contributed by atoms with Gasteiger partial charge in [0.1, 0.15) is 0 Å². The molecule has 2 N–H and O–H groups in total. The molecular formula is C24H22N2O2. The molecule has 5 aromatic rings. The number of rotatable bonds is 0. The number of hydrogen-bond acceptors (Lipinski definition) is 2. The molecule has 0 aliphatic rings. The molecule has 0 unspecified atom stereocenters. The van der Waals surface area contributed by atoms with Crippen molar-refractivity contribution in [3.05, 3.63) is 80.1 Å². The summed E-state index contributed by atoms with van der Waals surface area (Å²) in [5.74, 6) is 0. The summed E-state index contributed by atoms with van der Waals surface area (Å²) in [5, 5.41) is 2.49. The van der Waals surface area contributed by atoms with E-state index in [0.29, 0.717) is 32.6 Å². The monoisotopic (exact) mass is 370 g/mol. The number of aromatic nitrogens is 2. The van der Waals surface area contributed by atoms with Crippen LogP contribution in [0.3, 0.4) is 0 Å². The second-order valence-corrected chi connectivity index (χ2v) is 6.95. The number of aryl methyl sites for hydroxylation is 2. The van der Waals surface area contributed by atoms with Gasteiger partial charge in [0, 0.05) is 32.6 Å². The van der Waals surface area contributed by atoms with Crippen LogP contribution >= 0.6 is 0 Å². The number of fused-ring (bicyclic) bond motifs is 4. The molecule has 0 aliphatic carbocycles. The Kier molecular flexibility index (Phi) is 4.27. The molecule has 0 spiro atoms. The van der Waals surface area contributed by atoms with Crippen LogP contribution in [0.1, 0.15) is 25.0 Å². The van der Waals surface area contributed by atoms with Gasteiger partial charge in [0.25, 0.3) is 0 Å². The first-order chi connectivity index (χ1) is 13.5. The SMILES string of the molecule is CC.Cc1ccc2[nH]c3cc4c(=O)c5cc(C)ccc5[nH]c4cc3c(=O)c2c1. The van der Waals surface area contributed by atoms with Crippen LogP contribution in [0.25, 0.3) is 43.6 Å². The first-order valence-electron chi connectivity index (χ1n) is 9.54. The van der Waals surface area contributed by atoms with Crippen molar-refractivity contribution in [1.82, 2.24) is 9.97 Å². The van der Waals surface area contributed by atoms with Crippen LogP contribution < -0.4 is 10.9 Å². The molecule has 0 radical (unpaired) electrons. The molecule has 0 amide bonds. The Morgan fingerprint density at radius 1 is 0.536 bits per heavy atom. The van der Waals surface area contributed by atoms with Gasteiger partial charge in [0.2, 0.25) is 0 Å². The highest BCUT2D eigenvalue weighted by Gasteiger charge is 2.11. The summed E-state index contributed by atoms with van der Waals surface area (Å²) in [7, 11) is 0. The first kappa shape index (κ1) is 18.0. The lowest BCUT2D eigenvalue weighted by Crippen LogP contribution is -2.08. The van der Waals surface area contributed by atoms with Crippen LogP contribution in [0, 0.1) is 13.8 Å². The topological polar surface area (TPSA) is 65.7 Å². The highest BCUT2D eigenvalue weighted by atomic mass is 16.1. The van der Waals surface area contributed by atoms with E-state index in [1.165, 1.54) is 0 Å². The maximum Gasteiger partial charge on any atom is 0.197 e. The summed E-state index contributed by atoms with van der Waals surface area (Å²) in [4.78, 5) is 32.5. The van der Waals surface area contributed by atoms with Gasteiger partial charge in [-0.2, -0.15) is 0 Å². The molecule has 0 saturated carbocycles. The molecule has 0 aliphatic heterocycles. The zero-order valence-corrected chi connectivity index (χ0v) is 16.4. The van der Waals surface area contributed by atoms with Gasteiger partial charge in [0.05, 0.1) is 11.0 Å². The lowest BCUT2D eigenvalue weighted by Gasteiger charge is -2.07. The molecule has 5 rings (SSSR count). The number of H-pyrrole nitrogens is 2. The summed E-state index contributed by atoms with van der Waals surface area (Å²) in [6, 6.07) is 15.1. The third-order valence-corrected chi connectivity index (χ3v) is 5.03. The summed E-state index contributed by atoms with van der Waals surface area (Å²) in [6.07, 6.45) is 0. The number of pyridine rings is 2. The number of nitrogens with one attached hydrogen (secondary N) is 2. The van der Waals surface area contributed by atoms with Crippen molar-refractivity contribution in [2.45, 2.75) is 27.7 Å². The molecule has 28 heavy (non-hydrogen) atoms. The maximum absolute atomic E-state index is 13.0. The van der Waals surface area contributed by atoms with Crippen LogP contribution in [0.15, 0.2) is 58.1 Å². The molecule has 0 saturated heterocycles. The van der Waals surface area contributed by atoms with E-state index in [9.17, 15) is 9.59 Å².